The van der Waals surface area contributed by atoms with Crippen LogP contribution in [0.15, 0.2) is 24.3 Å². The molecule has 1 aromatic rings. The van der Waals surface area contributed by atoms with Crippen molar-refractivity contribution in [3.05, 3.63) is 29.8 Å². The molecule has 3 nitrogen and oxygen atoms in total. The summed E-state index contributed by atoms with van der Waals surface area (Å²) in [7, 11) is 1.84. The van der Waals surface area contributed by atoms with Gasteiger partial charge in [0, 0.05) is 19.3 Å². The summed E-state index contributed by atoms with van der Waals surface area (Å²) in [4.78, 5) is 2.45. The second-order valence-electron chi connectivity index (χ2n) is 5.93. The van der Waals surface area contributed by atoms with Crippen LogP contribution in [0.2, 0.25) is 0 Å². The van der Waals surface area contributed by atoms with Gasteiger partial charge in [0.25, 0.3) is 0 Å². The van der Waals surface area contributed by atoms with Crippen molar-refractivity contribution in [1.82, 2.24) is 4.90 Å². The second-order valence-corrected chi connectivity index (χ2v) is 5.93. The third kappa shape index (κ3) is 4.45. The van der Waals surface area contributed by atoms with Gasteiger partial charge in [-0.05, 0) is 37.6 Å². The summed E-state index contributed by atoms with van der Waals surface area (Å²) in [6, 6.07) is 9.16. The number of nitrogens with zero attached hydrogens (tertiary/aromatic N) is 1. The molecule has 0 radical (unpaired) electrons. The molecule has 3 heteroatoms. The molecule has 0 aliphatic heterocycles. The van der Waals surface area contributed by atoms with E-state index in [1.807, 2.05) is 7.11 Å². The quantitative estimate of drug-likeness (QED) is 0.824. The van der Waals surface area contributed by atoms with Gasteiger partial charge in [-0.25, -0.2) is 0 Å². The van der Waals surface area contributed by atoms with Crippen LogP contribution >= 0.6 is 0 Å². The number of benzene rings is 1. The number of anilines is 1. The van der Waals surface area contributed by atoms with Gasteiger partial charge >= 0.3 is 0 Å². The molecule has 1 N–H and O–H groups in total. The Morgan fingerprint density at radius 1 is 1.14 bits per heavy atom. The van der Waals surface area contributed by atoms with E-state index in [-0.39, 0.29) is 0 Å². The Morgan fingerprint density at radius 3 is 2.57 bits per heavy atom. The van der Waals surface area contributed by atoms with Gasteiger partial charge in [-0.2, -0.15) is 0 Å². The first-order chi connectivity index (χ1) is 10.3. The summed E-state index contributed by atoms with van der Waals surface area (Å²) in [5.74, 6) is 0. The van der Waals surface area contributed by atoms with Crippen LogP contribution in [0.4, 0.5) is 5.69 Å². The maximum atomic E-state index is 5.67. The van der Waals surface area contributed by atoms with Gasteiger partial charge in [0.2, 0.25) is 0 Å². The molecule has 0 heterocycles. The van der Waals surface area contributed by atoms with Gasteiger partial charge in [-0.3, -0.25) is 4.90 Å². The van der Waals surface area contributed by atoms with Crippen molar-refractivity contribution in [3.8, 4) is 0 Å². The fraction of sp³-hybridized carbons (Fsp3) is 0.667. The molecule has 0 spiro atoms. The third-order valence-corrected chi connectivity index (χ3v) is 4.65. The molecule has 2 atom stereocenters. The molecule has 1 aliphatic rings. The summed E-state index contributed by atoms with van der Waals surface area (Å²) in [6.07, 6.45) is 5.32. The standard InChI is InChI=1S/C18H30N2O/c1-4-20(5-2)14-15-10-6-7-11-16(15)19-17-12-8-9-13-18(17)21-3/h6-7,10-11,17-19H,4-5,8-9,12-14H2,1-3H3. The minimum Gasteiger partial charge on any atom is -0.379 e. The van der Waals surface area contributed by atoms with Crippen LogP contribution in [0.1, 0.15) is 45.1 Å². The highest BCUT2D eigenvalue weighted by Crippen LogP contribution is 2.26. The lowest BCUT2D eigenvalue weighted by Crippen LogP contribution is -2.38. The van der Waals surface area contributed by atoms with Crippen LogP contribution in [0.25, 0.3) is 0 Å². The van der Waals surface area contributed by atoms with Crippen LogP contribution in [0.5, 0.6) is 0 Å². The maximum absolute atomic E-state index is 5.67. The van der Waals surface area contributed by atoms with E-state index >= 15 is 0 Å². The van der Waals surface area contributed by atoms with E-state index in [2.05, 4.69) is 48.3 Å². The first-order valence-corrected chi connectivity index (χ1v) is 8.38. The van der Waals surface area contributed by atoms with E-state index in [1.54, 1.807) is 0 Å². The zero-order valence-electron chi connectivity index (χ0n) is 13.8. The van der Waals surface area contributed by atoms with Crippen molar-refractivity contribution in [2.45, 2.75) is 58.2 Å². The monoisotopic (exact) mass is 290 g/mol. The average molecular weight is 290 g/mol. The van der Waals surface area contributed by atoms with Crippen LogP contribution in [0, 0.1) is 0 Å². The molecule has 1 fully saturated rings. The minimum absolute atomic E-state index is 0.347. The summed E-state index contributed by atoms with van der Waals surface area (Å²) in [6.45, 7) is 7.65. The van der Waals surface area contributed by atoms with Gasteiger partial charge in [0.15, 0.2) is 0 Å². The number of nitrogens with one attached hydrogen (secondary N) is 1. The van der Waals surface area contributed by atoms with Gasteiger partial charge < -0.3 is 10.1 Å². The Balaban J connectivity index is 2.08. The number of methoxy groups -OCH3 is 1. The first kappa shape index (κ1) is 16.3. The van der Waals surface area contributed by atoms with Gasteiger partial charge in [-0.1, -0.05) is 44.9 Å². The minimum atomic E-state index is 0.347. The van der Waals surface area contributed by atoms with Crippen molar-refractivity contribution in [1.29, 1.82) is 0 Å². The number of para-hydroxylation sites is 1. The number of ether oxygens (including phenoxy) is 1. The van der Waals surface area contributed by atoms with E-state index in [0.29, 0.717) is 12.1 Å². The number of hydrogen-bond acceptors (Lipinski definition) is 3. The zero-order chi connectivity index (χ0) is 15.1. The molecule has 0 saturated heterocycles. The van der Waals surface area contributed by atoms with E-state index in [0.717, 1.165) is 19.6 Å². The highest BCUT2D eigenvalue weighted by atomic mass is 16.5. The molecule has 1 aliphatic carbocycles. The number of hydrogen-bond donors (Lipinski definition) is 1. The lowest BCUT2D eigenvalue weighted by Gasteiger charge is -2.32. The molecule has 0 bridgehead atoms. The molecule has 118 valence electrons. The Bertz CT molecular complexity index is 417. The molecule has 1 aromatic carbocycles. The smallest absolute Gasteiger partial charge is 0.0772 e. The lowest BCUT2D eigenvalue weighted by molar-refractivity contribution is 0.0606. The molecule has 2 unspecified atom stereocenters. The SMILES string of the molecule is CCN(CC)Cc1ccccc1NC1CCCCC1OC. The van der Waals surface area contributed by atoms with E-state index in [1.165, 1.54) is 36.9 Å². The topological polar surface area (TPSA) is 24.5 Å². The highest BCUT2D eigenvalue weighted by molar-refractivity contribution is 5.52. The predicted molar refractivity (Wildman–Crippen MR) is 89.7 cm³/mol. The fourth-order valence-corrected chi connectivity index (χ4v) is 3.23. The Kier molecular flexibility index (Phi) is 6.52. The molecular formula is C18H30N2O. The van der Waals surface area contributed by atoms with E-state index in [9.17, 15) is 0 Å². The normalized spacial score (nSPS) is 22.5. The molecule has 2 rings (SSSR count). The van der Waals surface area contributed by atoms with Gasteiger partial charge in [-0.15, -0.1) is 0 Å². The summed E-state index contributed by atoms with van der Waals surface area (Å²) < 4.78 is 5.67. The van der Waals surface area contributed by atoms with Crippen molar-refractivity contribution in [2.75, 3.05) is 25.5 Å². The largest absolute Gasteiger partial charge is 0.379 e. The van der Waals surface area contributed by atoms with Crippen molar-refractivity contribution < 1.29 is 4.74 Å². The molecule has 1 saturated carbocycles. The predicted octanol–water partition coefficient (Wildman–Crippen LogP) is 3.90. The summed E-state index contributed by atoms with van der Waals surface area (Å²) in [5.41, 5.74) is 2.67. The van der Waals surface area contributed by atoms with Crippen LogP contribution < -0.4 is 5.32 Å². The lowest BCUT2D eigenvalue weighted by atomic mass is 9.92. The Hall–Kier alpha value is -1.06. The van der Waals surface area contributed by atoms with Crippen LogP contribution in [0.3, 0.4) is 0 Å². The van der Waals surface area contributed by atoms with Crippen molar-refractivity contribution >= 4 is 5.69 Å². The molecule has 0 aromatic heterocycles. The Morgan fingerprint density at radius 2 is 1.86 bits per heavy atom. The Labute approximate surface area is 129 Å². The van der Waals surface area contributed by atoms with Crippen LogP contribution in [-0.2, 0) is 11.3 Å². The van der Waals surface area contributed by atoms with E-state index in [4.69, 9.17) is 4.74 Å². The highest BCUT2D eigenvalue weighted by Gasteiger charge is 2.25. The molecule has 0 amide bonds. The van der Waals surface area contributed by atoms with Crippen molar-refractivity contribution in [3.63, 3.8) is 0 Å². The second kappa shape index (κ2) is 8.40. The maximum Gasteiger partial charge on any atom is 0.0772 e. The van der Waals surface area contributed by atoms with E-state index < -0.39 is 0 Å². The average Bonchev–Trinajstić information content (AvgIpc) is 2.54. The zero-order valence-corrected chi connectivity index (χ0v) is 13.8. The third-order valence-electron chi connectivity index (χ3n) is 4.65. The van der Waals surface area contributed by atoms with Crippen molar-refractivity contribution in [2.24, 2.45) is 0 Å². The van der Waals surface area contributed by atoms with Gasteiger partial charge in [0.1, 0.15) is 0 Å². The molecule has 21 heavy (non-hydrogen) atoms. The number of rotatable bonds is 7. The summed E-state index contributed by atoms with van der Waals surface area (Å²) >= 11 is 0. The molecular weight excluding hydrogens is 260 g/mol. The van der Waals surface area contributed by atoms with Gasteiger partial charge in [0.05, 0.1) is 12.1 Å². The fourth-order valence-electron chi connectivity index (χ4n) is 3.23. The first-order valence-electron chi connectivity index (χ1n) is 8.38. The van der Waals surface area contributed by atoms with Crippen LogP contribution in [-0.4, -0.2) is 37.2 Å². The summed E-state index contributed by atoms with van der Waals surface area (Å²) in [5, 5.41) is 3.75.